The van der Waals surface area contributed by atoms with Gasteiger partial charge in [0, 0.05) is 26.2 Å². The van der Waals surface area contributed by atoms with E-state index in [1.807, 2.05) is 6.92 Å². The van der Waals surface area contributed by atoms with Crippen molar-refractivity contribution in [2.75, 3.05) is 26.2 Å². The monoisotopic (exact) mass is 198 g/mol. The quantitative estimate of drug-likeness (QED) is 0.723. The van der Waals surface area contributed by atoms with Gasteiger partial charge in [-0.2, -0.15) is 0 Å². The third kappa shape index (κ3) is 1.95. The van der Waals surface area contributed by atoms with E-state index < -0.39 is 5.85 Å². The highest BCUT2D eigenvalue weighted by atomic mass is 16.3. The molecule has 0 aromatic rings. The third-order valence-corrected chi connectivity index (χ3v) is 3.66. The van der Waals surface area contributed by atoms with Crippen LogP contribution in [0.2, 0.25) is 0 Å². The van der Waals surface area contributed by atoms with Gasteiger partial charge in [-0.3, -0.25) is 9.80 Å². The zero-order valence-electron chi connectivity index (χ0n) is 9.21. The maximum Gasteiger partial charge on any atom is 0.173 e. The molecule has 2 aliphatic heterocycles. The number of likely N-dealkylation sites (tertiary alicyclic amines) is 2. The SMILES string of the molecule is CC(O)(N1CCCCC1)N1CCCC1. The lowest BCUT2D eigenvalue weighted by Crippen LogP contribution is -2.59. The summed E-state index contributed by atoms with van der Waals surface area (Å²) in [7, 11) is 0. The first kappa shape index (κ1) is 10.4. The van der Waals surface area contributed by atoms with Gasteiger partial charge in [-0.15, -0.1) is 0 Å². The molecule has 0 amide bonds. The summed E-state index contributed by atoms with van der Waals surface area (Å²) in [6.45, 7) is 6.20. The first-order valence-corrected chi connectivity index (χ1v) is 5.94. The van der Waals surface area contributed by atoms with Crippen molar-refractivity contribution in [2.45, 2.75) is 44.9 Å². The molecular weight excluding hydrogens is 176 g/mol. The Bertz CT molecular complexity index is 182. The Balaban J connectivity index is 1.97. The zero-order chi connectivity index (χ0) is 10.0. The molecule has 3 nitrogen and oxygen atoms in total. The summed E-state index contributed by atoms with van der Waals surface area (Å²) < 4.78 is 0. The number of nitrogens with zero attached hydrogens (tertiary/aromatic N) is 2. The third-order valence-electron chi connectivity index (χ3n) is 3.66. The molecule has 2 aliphatic rings. The van der Waals surface area contributed by atoms with Crippen LogP contribution in [-0.2, 0) is 0 Å². The molecular formula is C11H22N2O. The first-order chi connectivity index (χ1) is 6.71. The summed E-state index contributed by atoms with van der Waals surface area (Å²) in [6, 6.07) is 0. The number of hydrogen-bond donors (Lipinski definition) is 1. The molecule has 3 heteroatoms. The van der Waals surface area contributed by atoms with Crippen LogP contribution in [0.1, 0.15) is 39.0 Å². The van der Waals surface area contributed by atoms with Crippen molar-refractivity contribution < 1.29 is 5.11 Å². The lowest BCUT2D eigenvalue weighted by molar-refractivity contribution is -0.201. The van der Waals surface area contributed by atoms with Crippen molar-refractivity contribution >= 4 is 0 Å². The van der Waals surface area contributed by atoms with Crippen LogP contribution in [-0.4, -0.2) is 46.9 Å². The van der Waals surface area contributed by atoms with Gasteiger partial charge in [0.25, 0.3) is 0 Å². The fourth-order valence-electron chi connectivity index (χ4n) is 2.66. The second kappa shape index (κ2) is 4.17. The van der Waals surface area contributed by atoms with E-state index in [0.29, 0.717) is 0 Å². The highest BCUT2D eigenvalue weighted by Gasteiger charge is 2.37. The number of piperidine rings is 1. The van der Waals surface area contributed by atoms with Gasteiger partial charge < -0.3 is 5.11 Å². The summed E-state index contributed by atoms with van der Waals surface area (Å²) >= 11 is 0. The van der Waals surface area contributed by atoms with Crippen LogP contribution in [0.3, 0.4) is 0 Å². The van der Waals surface area contributed by atoms with E-state index in [1.54, 1.807) is 0 Å². The maximum absolute atomic E-state index is 10.5. The molecule has 0 radical (unpaired) electrons. The van der Waals surface area contributed by atoms with Gasteiger partial charge in [-0.25, -0.2) is 0 Å². The highest BCUT2D eigenvalue weighted by molar-refractivity contribution is 4.81. The van der Waals surface area contributed by atoms with E-state index in [4.69, 9.17) is 0 Å². The van der Waals surface area contributed by atoms with Crippen LogP contribution in [0.15, 0.2) is 0 Å². The highest BCUT2D eigenvalue weighted by Crippen LogP contribution is 2.25. The molecule has 1 atom stereocenters. The Labute approximate surface area is 86.7 Å². The molecule has 1 N–H and O–H groups in total. The fraction of sp³-hybridized carbons (Fsp3) is 1.00. The lowest BCUT2D eigenvalue weighted by atomic mass is 10.1. The van der Waals surface area contributed by atoms with Gasteiger partial charge in [-0.05, 0) is 32.6 Å². The molecule has 2 saturated heterocycles. The molecule has 0 spiro atoms. The predicted octanol–water partition coefficient (Wildman–Crippen LogP) is 1.23. The van der Waals surface area contributed by atoms with Crippen LogP contribution >= 0.6 is 0 Å². The Hall–Kier alpha value is -0.120. The summed E-state index contributed by atoms with van der Waals surface area (Å²) in [4.78, 5) is 4.46. The lowest BCUT2D eigenvalue weighted by Gasteiger charge is -2.44. The summed E-state index contributed by atoms with van der Waals surface area (Å²) in [5, 5.41) is 10.5. The molecule has 0 aromatic carbocycles. The normalized spacial score (nSPS) is 30.4. The van der Waals surface area contributed by atoms with Crippen molar-refractivity contribution in [3.8, 4) is 0 Å². The van der Waals surface area contributed by atoms with Gasteiger partial charge >= 0.3 is 0 Å². The predicted molar refractivity (Wildman–Crippen MR) is 56.9 cm³/mol. The molecule has 0 aromatic heterocycles. The maximum atomic E-state index is 10.5. The molecule has 2 rings (SSSR count). The summed E-state index contributed by atoms with van der Waals surface area (Å²) in [5.74, 6) is -0.684. The van der Waals surface area contributed by atoms with Crippen LogP contribution in [0.5, 0.6) is 0 Å². The van der Waals surface area contributed by atoms with Crippen LogP contribution in [0.4, 0.5) is 0 Å². The van der Waals surface area contributed by atoms with Crippen LogP contribution in [0.25, 0.3) is 0 Å². The van der Waals surface area contributed by atoms with E-state index in [-0.39, 0.29) is 0 Å². The van der Waals surface area contributed by atoms with E-state index in [2.05, 4.69) is 9.80 Å². The first-order valence-electron chi connectivity index (χ1n) is 5.94. The van der Waals surface area contributed by atoms with Crippen molar-refractivity contribution in [3.63, 3.8) is 0 Å². The molecule has 0 aliphatic carbocycles. The second-order valence-electron chi connectivity index (χ2n) is 4.71. The van der Waals surface area contributed by atoms with E-state index >= 15 is 0 Å². The molecule has 82 valence electrons. The van der Waals surface area contributed by atoms with Crippen molar-refractivity contribution in [1.29, 1.82) is 0 Å². The minimum Gasteiger partial charge on any atom is -0.363 e. The van der Waals surface area contributed by atoms with Gasteiger partial charge in [-0.1, -0.05) is 6.42 Å². The largest absolute Gasteiger partial charge is 0.363 e. The van der Waals surface area contributed by atoms with E-state index in [1.165, 1.54) is 32.1 Å². The Morgan fingerprint density at radius 3 is 1.57 bits per heavy atom. The minimum absolute atomic E-state index is 0.684. The molecule has 0 bridgehead atoms. The van der Waals surface area contributed by atoms with Gasteiger partial charge in [0.2, 0.25) is 0 Å². The Morgan fingerprint density at radius 2 is 1.14 bits per heavy atom. The molecule has 1 unspecified atom stereocenters. The summed E-state index contributed by atoms with van der Waals surface area (Å²) in [5.41, 5.74) is 0. The van der Waals surface area contributed by atoms with E-state index in [0.717, 1.165) is 26.2 Å². The van der Waals surface area contributed by atoms with Crippen molar-refractivity contribution in [2.24, 2.45) is 0 Å². The zero-order valence-corrected chi connectivity index (χ0v) is 9.21. The van der Waals surface area contributed by atoms with Crippen molar-refractivity contribution in [1.82, 2.24) is 9.80 Å². The topological polar surface area (TPSA) is 26.7 Å². The van der Waals surface area contributed by atoms with Crippen molar-refractivity contribution in [3.05, 3.63) is 0 Å². The average molecular weight is 198 g/mol. The number of aliphatic hydroxyl groups is 1. The van der Waals surface area contributed by atoms with Crippen LogP contribution in [0, 0.1) is 0 Å². The Kier molecular flexibility index (Phi) is 3.10. The standard InChI is InChI=1S/C11H22N2O/c1-11(14,13-9-5-6-10-13)12-7-3-2-4-8-12/h14H,2-10H2,1H3. The smallest absolute Gasteiger partial charge is 0.173 e. The van der Waals surface area contributed by atoms with Gasteiger partial charge in [0.05, 0.1) is 0 Å². The van der Waals surface area contributed by atoms with E-state index in [9.17, 15) is 5.11 Å². The van der Waals surface area contributed by atoms with Crippen LogP contribution < -0.4 is 0 Å². The molecule has 14 heavy (non-hydrogen) atoms. The number of rotatable bonds is 2. The average Bonchev–Trinajstić information content (AvgIpc) is 2.72. The second-order valence-corrected chi connectivity index (χ2v) is 4.71. The minimum atomic E-state index is -0.684. The fourth-order valence-corrected chi connectivity index (χ4v) is 2.66. The molecule has 2 heterocycles. The molecule has 0 saturated carbocycles. The van der Waals surface area contributed by atoms with Gasteiger partial charge in [0.15, 0.2) is 5.85 Å². The van der Waals surface area contributed by atoms with Gasteiger partial charge in [0.1, 0.15) is 0 Å². The number of hydrogen-bond acceptors (Lipinski definition) is 3. The molecule has 2 fully saturated rings. The summed E-state index contributed by atoms with van der Waals surface area (Å²) in [6.07, 6.45) is 6.29. The Morgan fingerprint density at radius 1 is 0.786 bits per heavy atom.